The van der Waals surface area contributed by atoms with E-state index in [0.29, 0.717) is 53.1 Å². The fourth-order valence-electron chi connectivity index (χ4n) is 15.0. The standard InChI is InChI=1S/C84H109ClN10O19S2/c1-48-19-18-25-69(111-10)84(109)46-68(112-82(108)92-84)49(2)76-83(5,114-76)70(45-73(102)94(7)64-40-54(37-48)41-67(110-9)74(64)85)113-81(107)50(3)93(6)72(101)32-35-115-116-36-34-87-71(100)31-30-63-66(99)44-56(38-53-26-28-58(97)29-27-53)78(104)89-61(42-57-47-88-60-24-15-14-23-59(57)60)65(98)43-55(22-16-17-33-86)77(103)91-75(51(4)96)79(105)90-62(80(106)95(63)8)39-52-20-12-11-13-21-52/h11-15,18-21,23-29,40-41,47,49-51,55-56,61-63,68-70,75-76,88,96-97,109H,16-17,22,30-39,42-46,86H2,1-10H3,(H,87,100)(H,89,104)(H,90,105)(H,91,103)(H,92,108)/b25-18+,48-19+/t49-,50+,51-,55-,56-,61-,62+,63+,68+,69-,70+,75+,76+,83+,84+/m1/s1. The number of H-pyrrole nitrogens is 1. The van der Waals surface area contributed by atoms with E-state index in [0.717, 1.165) is 26.9 Å². The second kappa shape index (κ2) is 41.7. The number of aliphatic hydroxyl groups is 2. The normalized spacial score (nSPS) is 26.7. The van der Waals surface area contributed by atoms with Crippen LogP contribution in [0.5, 0.6) is 11.5 Å². The largest absolute Gasteiger partial charge is 0.508 e. The average molecular weight is 1660 g/mol. The number of aliphatic hydroxyl groups excluding tert-OH is 1. The van der Waals surface area contributed by atoms with Crippen molar-refractivity contribution in [3.05, 3.63) is 148 Å². The molecule has 4 aromatic carbocycles. The fraction of sp³-hybridized carbons (Fsp3) is 0.512. The Balaban J connectivity index is 0.872. The minimum absolute atomic E-state index is 0.0301. The Morgan fingerprint density at radius 3 is 2.21 bits per heavy atom. The number of Topliss-reactive ketones (excluding diaryl/α,β-unsaturated/α-hetero) is 2. The highest BCUT2D eigenvalue weighted by molar-refractivity contribution is 8.76. The van der Waals surface area contributed by atoms with Crippen molar-refractivity contribution < 1.29 is 91.7 Å². The van der Waals surface area contributed by atoms with Crippen LogP contribution in [0.25, 0.3) is 10.9 Å². The molecule has 8 amide bonds. The van der Waals surface area contributed by atoms with E-state index < -0.39 is 174 Å². The van der Waals surface area contributed by atoms with Crippen LogP contribution in [0.3, 0.4) is 0 Å². The first-order valence-electron chi connectivity index (χ1n) is 39.1. The highest BCUT2D eigenvalue weighted by atomic mass is 35.5. The van der Waals surface area contributed by atoms with E-state index in [2.05, 4.69) is 31.6 Å². The van der Waals surface area contributed by atoms with E-state index in [-0.39, 0.29) is 81.0 Å². The monoisotopic (exact) mass is 1660 g/mol. The number of unbranched alkanes of at least 4 members (excludes halogenated alkanes) is 1. The SMILES string of the molecule is COc1cc2cc(c1Cl)N(C)C(=O)C[C@H](OC(=O)[C@H](C)N(C)C(=O)CCSSCCNC(=O)CC[C@H]1C(=O)C[C@@H](Cc3ccc(O)cc3)C(=O)N[C@H](Cc3c[nH]c4ccccc34)C(=O)C[C@@H](CCCCN)C(=O)N[C@@H]([C@@H](C)O)C(=O)N[C@@H](Cc3ccccc3)C(=O)N1C)[C@]1(C)O[C@H]1[C@H](C)[C@@H]1C[C@@](O)(NC(=O)O1)[C@H](OC)/C=C/C=C(\C)C2. The van der Waals surface area contributed by atoms with Gasteiger partial charge in [0.2, 0.25) is 41.4 Å². The lowest BCUT2D eigenvalue weighted by molar-refractivity contribution is -0.162. The van der Waals surface area contributed by atoms with Gasteiger partial charge >= 0.3 is 12.1 Å². The molecule has 0 saturated carbocycles. The summed E-state index contributed by atoms with van der Waals surface area (Å²) in [5.41, 5.74) is 7.10. The molecule has 11 N–H and O–H groups in total. The van der Waals surface area contributed by atoms with Crippen LogP contribution in [0.2, 0.25) is 5.02 Å². The summed E-state index contributed by atoms with van der Waals surface area (Å²) < 4.78 is 29.7. The number of nitrogens with one attached hydrogen (secondary N) is 6. The Hall–Kier alpha value is -9.34. The molecule has 4 bridgehead atoms. The van der Waals surface area contributed by atoms with E-state index >= 15 is 19.2 Å². The molecule has 3 saturated heterocycles. The van der Waals surface area contributed by atoms with Crippen molar-refractivity contribution in [3.63, 3.8) is 0 Å². The van der Waals surface area contributed by atoms with Gasteiger partial charge in [-0.3, -0.25) is 48.5 Å². The van der Waals surface area contributed by atoms with Crippen LogP contribution in [-0.2, 0) is 92.6 Å². The van der Waals surface area contributed by atoms with Gasteiger partial charge in [-0.05, 0) is 119 Å². The van der Waals surface area contributed by atoms with Crippen LogP contribution < -0.4 is 42.0 Å². The Labute approximate surface area is 688 Å². The number of benzene rings is 4. The second-order valence-electron chi connectivity index (χ2n) is 30.6. The Morgan fingerprint density at radius 2 is 1.50 bits per heavy atom. The van der Waals surface area contributed by atoms with Gasteiger partial charge in [0, 0.05) is 126 Å². The topological polar surface area (TPSA) is 410 Å². The van der Waals surface area contributed by atoms with Crippen LogP contribution in [0.1, 0.15) is 121 Å². The number of allylic oxidation sites excluding steroid dienone is 3. The van der Waals surface area contributed by atoms with Gasteiger partial charge in [-0.15, -0.1) is 0 Å². The third-order valence-electron chi connectivity index (χ3n) is 22.2. The van der Waals surface area contributed by atoms with Crippen molar-refractivity contribution in [3.8, 4) is 11.5 Å². The first-order chi connectivity index (χ1) is 55.3. The molecule has 0 radical (unpaired) electrons. The third-order valence-corrected chi connectivity index (χ3v) is 25.0. The van der Waals surface area contributed by atoms with Crippen LogP contribution >= 0.6 is 33.2 Å². The zero-order valence-corrected chi connectivity index (χ0v) is 69.6. The van der Waals surface area contributed by atoms with Crippen molar-refractivity contribution in [1.82, 2.24) is 41.4 Å². The van der Waals surface area contributed by atoms with E-state index in [9.17, 15) is 48.9 Å². The summed E-state index contributed by atoms with van der Waals surface area (Å²) in [4.78, 5) is 167. The fourth-order valence-corrected chi connectivity index (χ4v) is 17.2. The number of esters is 1. The molecule has 3 fully saturated rings. The van der Waals surface area contributed by atoms with E-state index in [1.807, 2.05) is 37.3 Å². The zero-order chi connectivity index (χ0) is 84.3. The molecule has 1 aromatic heterocycles. The smallest absolute Gasteiger partial charge is 0.409 e. The number of rotatable bonds is 26. The number of ketones is 2. The number of hydrogen-bond donors (Lipinski definition) is 10. The molecule has 5 heterocycles. The van der Waals surface area contributed by atoms with Crippen molar-refractivity contribution in [1.29, 1.82) is 0 Å². The number of para-hydroxylation sites is 1. The molecule has 4 aliphatic rings. The average Bonchev–Trinajstić information content (AvgIpc) is 1.57. The Kier molecular flexibility index (Phi) is 32.5. The number of carbonyl (C=O) groups excluding carboxylic acids is 11. The number of halogens is 1. The molecule has 29 nitrogen and oxygen atoms in total. The van der Waals surface area contributed by atoms with Gasteiger partial charge in [-0.2, -0.15) is 0 Å². The second-order valence-corrected chi connectivity index (χ2v) is 33.7. The number of phenols is 1. The lowest BCUT2D eigenvalue weighted by Gasteiger charge is -2.42. The van der Waals surface area contributed by atoms with Gasteiger partial charge in [0.1, 0.15) is 58.6 Å². The molecule has 9 rings (SSSR count). The van der Waals surface area contributed by atoms with Crippen molar-refractivity contribution in [2.24, 2.45) is 23.5 Å². The molecule has 116 heavy (non-hydrogen) atoms. The van der Waals surface area contributed by atoms with Gasteiger partial charge in [0.15, 0.2) is 17.3 Å². The molecule has 0 spiro atoms. The van der Waals surface area contributed by atoms with Gasteiger partial charge in [-0.1, -0.05) is 131 Å². The van der Waals surface area contributed by atoms with Crippen molar-refractivity contribution >= 4 is 115 Å². The predicted molar refractivity (Wildman–Crippen MR) is 440 cm³/mol. The number of carbonyl (C=O) groups is 11. The summed E-state index contributed by atoms with van der Waals surface area (Å²) in [6, 6.07) is 18.7. The molecule has 0 unspecified atom stereocenters. The Morgan fingerprint density at radius 1 is 0.819 bits per heavy atom. The van der Waals surface area contributed by atoms with Crippen LogP contribution in [0, 0.1) is 17.8 Å². The predicted octanol–water partition coefficient (Wildman–Crippen LogP) is 7.05. The summed E-state index contributed by atoms with van der Waals surface area (Å²) >= 11 is 6.89. The number of hydrogen-bond acceptors (Lipinski definition) is 22. The number of fused-ring (bicyclic) bond motifs is 6. The van der Waals surface area contributed by atoms with Crippen molar-refractivity contribution in [2.75, 3.05) is 64.9 Å². The quantitative estimate of drug-likeness (QED) is 0.0115. The summed E-state index contributed by atoms with van der Waals surface area (Å²) in [7, 11) is 9.88. The lowest BCUT2D eigenvalue weighted by atomic mass is 9.83. The summed E-state index contributed by atoms with van der Waals surface area (Å²) in [5.74, 6) is -8.65. The third kappa shape index (κ3) is 23.7. The first kappa shape index (κ1) is 90.6. The van der Waals surface area contributed by atoms with Crippen molar-refractivity contribution in [2.45, 2.75) is 197 Å². The van der Waals surface area contributed by atoms with Gasteiger partial charge in [-0.25, -0.2) is 9.59 Å². The highest BCUT2D eigenvalue weighted by Gasteiger charge is 2.65. The molecular weight excluding hydrogens is 1550 g/mol. The maximum Gasteiger partial charge on any atom is 0.409 e. The highest BCUT2D eigenvalue weighted by Crippen LogP contribution is 2.49. The maximum atomic E-state index is 15.4. The zero-order valence-electron chi connectivity index (χ0n) is 67.2. The number of anilines is 1. The van der Waals surface area contributed by atoms with Crippen LogP contribution in [0.15, 0.2) is 121 Å². The summed E-state index contributed by atoms with van der Waals surface area (Å²) in [6.07, 6.45) is -0.487. The molecule has 15 atom stereocenters. The number of ether oxygens (including phenoxy) is 5. The minimum atomic E-state index is -1.92. The number of aromatic amines is 1. The van der Waals surface area contributed by atoms with Gasteiger partial charge < -0.3 is 85.7 Å². The summed E-state index contributed by atoms with van der Waals surface area (Å²) in [6.45, 7) is 8.51. The van der Waals surface area contributed by atoms with Gasteiger partial charge in [0.05, 0.1) is 43.5 Å². The number of nitrogens with zero attached hydrogens (tertiary/aromatic N) is 3. The maximum absolute atomic E-state index is 15.4. The number of phenolic OH excluding ortho intramolecular Hbond substituents is 1. The number of methoxy groups -OCH3 is 2. The summed E-state index contributed by atoms with van der Waals surface area (Å²) in [5, 5.41) is 48.2. The number of nitrogens with two attached hydrogens (primary N) is 1. The van der Waals surface area contributed by atoms with Crippen LogP contribution in [-0.4, -0.2) is 227 Å². The first-order valence-corrected chi connectivity index (χ1v) is 42.0. The minimum Gasteiger partial charge on any atom is -0.508 e. The molecule has 0 aliphatic carbocycles. The Bertz CT molecular complexity index is 4400. The number of aromatic nitrogens is 1. The number of aromatic hydroxyl groups is 1. The van der Waals surface area contributed by atoms with Gasteiger partial charge in [0.25, 0.3) is 0 Å². The van der Waals surface area contributed by atoms with Crippen LogP contribution in [0.4, 0.5) is 10.5 Å². The van der Waals surface area contributed by atoms with E-state index in [1.165, 1.54) is 92.7 Å². The van der Waals surface area contributed by atoms with E-state index in [1.54, 1.807) is 86.8 Å². The number of likely N-dealkylation sites (N-methyl/N-ethyl adjacent to an activating group) is 2. The number of epoxide rings is 1. The number of alkyl carbamates (subject to hydrolysis) is 1. The lowest BCUT2D eigenvalue weighted by Crippen LogP contribution is -2.63. The molecular formula is C84H109ClN10O19S2. The molecule has 32 heteroatoms. The number of amides is 8. The van der Waals surface area contributed by atoms with E-state index in [4.69, 9.17) is 41.0 Å². The molecule has 5 aromatic rings. The molecule has 4 aliphatic heterocycles. The molecule has 628 valence electrons.